The summed E-state index contributed by atoms with van der Waals surface area (Å²) in [6.45, 7) is 5.00. The quantitative estimate of drug-likeness (QED) is 0.322. The molecule has 0 bridgehead atoms. The number of amides is 3. The fourth-order valence-electron chi connectivity index (χ4n) is 4.46. The highest BCUT2D eigenvalue weighted by atomic mass is 16.4. The minimum Gasteiger partial charge on any atom is -0.480 e. The van der Waals surface area contributed by atoms with Gasteiger partial charge in [0, 0.05) is 24.9 Å². The first kappa shape index (κ1) is 24.7. The van der Waals surface area contributed by atoms with Crippen LogP contribution in [-0.2, 0) is 25.6 Å². The van der Waals surface area contributed by atoms with Crippen LogP contribution in [0.2, 0.25) is 0 Å². The zero-order valence-corrected chi connectivity index (χ0v) is 19.2. The van der Waals surface area contributed by atoms with Crippen molar-refractivity contribution in [2.45, 2.75) is 76.5 Å². The first-order valence-corrected chi connectivity index (χ1v) is 11.6. The van der Waals surface area contributed by atoms with E-state index in [0.717, 1.165) is 13.0 Å². The van der Waals surface area contributed by atoms with Gasteiger partial charge in [-0.2, -0.15) is 0 Å². The van der Waals surface area contributed by atoms with Crippen LogP contribution in [-0.4, -0.2) is 80.9 Å². The number of hydrogen-bond acceptors (Lipinski definition) is 6. The fourth-order valence-corrected chi connectivity index (χ4v) is 4.46. The Bertz CT molecular complexity index is 836. The number of nitrogens with one attached hydrogen (secondary N) is 4. The van der Waals surface area contributed by atoms with Crippen molar-refractivity contribution in [1.29, 1.82) is 0 Å². The van der Waals surface area contributed by atoms with Crippen LogP contribution in [0, 0.1) is 5.92 Å². The number of aliphatic carboxylic acids is 1. The Balaban J connectivity index is 1.75. The van der Waals surface area contributed by atoms with Gasteiger partial charge in [0.1, 0.15) is 18.1 Å². The lowest BCUT2D eigenvalue weighted by Gasteiger charge is -2.29. The van der Waals surface area contributed by atoms with Crippen LogP contribution in [0.5, 0.6) is 0 Å². The Morgan fingerprint density at radius 2 is 1.97 bits per heavy atom. The van der Waals surface area contributed by atoms with Crippen LogP contribution in [0.15, 0.2) is 12.5 Å². The number of carboxylic acid groups (broad SMARTS) is 1. The first-order valence-electron chi connectivity index (χ1n) is 11.6. The van der Waals surface area contributed by atoms with E-state index in [2.05, 4.69) is 25.9 Å². The van der Waals surface area contributed by atoms with Crippen molar-refractivity contribution in [3.8, 4) is 0 Å². The third kappa shape index (κ3) is 6.53. The average Bonchev–Trinajstić information content (AvgIpc) is 3.54. The number of carbonyl (C=O) groups excluding carboxylic acids is 3. The van der Waals surface area contributed by atoms with Crippen molar-refractivity contribution in [2.24, 2.45) is 5.92 Å². The Morgan fingerprint density at radius 3 is 2.58 bits per heavy atom. The number of hydrogen-bond donors (Lipinski definition) is 5. The van der Waals surface area contributed by atoms with Gasteiger partial charge >= 0.3 is 5.97 Å². The molecule has 1 aromatic rings. The number of aromatic amines is 1. The molecule has 2 saturated heterocycles. The number of H-pyrrole nitrogens is 1. The van der Waals surface area contributed by atoms with E-state index in [-0.39, 0.29) is 24.3 Å². The van der Waals surface area contributed by atoms with Gasteiger partial charge in [0.2, 0.25) is 17.7 Å². The second-order valence-electron chi connectivity index (χ2n) is 9.21. The Kier molecular flexibility index (Phi) is 8.43. The minimum atomic E-state index is -1.05. The molecule has 4 unspecified atom stereocenters. The minimum absolute atomic E-state index is 0.134. The molecule has 3 rings (SSSR count). The molecule has 3 heterocycles. The van der Waals surface area contributed by atoms with Crippen molar-refractivity contribution < 1.29 is 24.3 Å². The molecular formula is C22H34N6O5. The van der Waals surface area contributed by atoms with E-state index in [0.29, 0.717) is 37.9 Å². The van der Waals surface area contributed by atoms with E-state index in [4.69, 9.17) is 0 Å². The fraction of sp³-hybridized carbons (Fsp3) is 0.682. The molecule has 2 fully saturated rings. The van der Waals surface area contributed by atoms with Crippen molar-refractivity contribution in [2.75, 3.05) is 13.1 Å². The zero-order valence-electron chi connectivity index (χ0n) is 19.2. The normalized spacial score (nSPS) is 22.2. The Morgan fingerprint density at radius 1 is 1.18 bits per heavy atom. The summed E-state index contributed by atoms with van der Waals surface area (Å²) in [7, 11) is 0. The summed E-state index contributed by atoms with van der Waals surface area (Å²) in [6.07, 6.45) is 6.18. The third-order valence-electron chi connectivity index (χ3n) is 6.13. The maximum atomic E-state index is 13.3. The predicted octanol–water partition coefficient (Wildman–Crippen LogP) is -0.204. The maximum absolute atomic E-state index is 13.3. The van der Waals surface area contributed by atoms with Gasteiger partial charge in [0.05, 0.1) is 12.4 Å². The highest BCUT2D eigenvalue weighted by molar-refractivity contribution is 5.94. The standard InChI is InChI=1S/C22H34N6O5/c1-13(2)9-16(26-19(29)15-5-3-7-24-15)20(30)27-17(10-14-11-23-12-25-14)21(31)28-8-4-6-18(28)22(32)33/h11-13,15-18,24H,3-10H2,1-2H3,(H,23,25)(H,26,29)(H,27,30)(H,32,33). The van der Waals surface area contributed by atoms with Gasteiger partial charge in [-0.1, -0.05) is 13.8 Å². The summed E-state index contributed by atoms with van der Waals surface area (Å²) in [5.41, 5.74) is 0.638. The van der Waals surface area contributed by atoms with Crippen LogP contribution in [0.3, 0.4) is 0 Å². The van der Waals surface area contributed by atoms with Gasteiger partial charge in [-0.3, -0.25) is 14.4 Å². The number of imidazole rings is 1. The van der Waals surface area contributed by atoms with Crippen LogP contribution < -0.4 is 16.0 Å². The molecule has 0 aromatic carbocycles. The van der Waals surface area contributed by atoms with E-state index < -0.39 is 35.9 Å². The van der Waals surface area contributed by atoms with Crippen molar-refractivity contribution in [1.82, 2.24) is 30.8 Å². The van der Waals surface area contributed by atoms with Crippen molar-refractivity contribution >= 4 is 23.7 Å². The molecule has 1 aromatic heterocycles. The Hall–Kier alpha value is -2.95. The van der Waals surface area contributed by atoms with Crippen molar-refractivity contribution in [3.63, 3.8) is 0 Å². The summed E-state index contributed by atoms with van der Waals surface area (Å²) in [5, 5.41) is 18.2. The van der Waals surface area contributed by atoms with Crippen LogP contribution in [0.4, 0.5) is 0 Å². The molecule has 11 heteroatoms. The summed E-state index contributed by atoms with van der Waals surface area (Å²) in [4.78, 5) is 59.0. The van der Waals surface area contributed by atoms with E-state index in [1.807, 2.05) is 13.8 Å². The first-order chi connectivity index (χ1) is 15.8. The second kappa shape index (κ2) is 11.3. The average molecular weight is 463 g/mol. The second-order valence-corrected chi connectivity index (χ2v) is 9.21. The molecular weight excluding hydrogens is 428 g/mol. The number of carboxylic acids is 1. The highest BCUT2D eigenvalue weighted by Gasteiger charge is 2.38. The summed E-state index contributed by atoms with van der Waals surface area (Å²) < 4.78 is 0. The molecule has 3 amide bonds. The molecule has 0 spiro atoms. The molecule has 4 atom stereocenters. The number of nitrogens with zero attached hydrogens (tertiary/aromatic N) is 2. The molecule has 0 aliphatic carbocycles. The van der Waals surface area contributed by atoms with Gasteiger partial charge in [-0.15, -0.1) is 0 Å². The van der Waals surface area contributed by atoms with Gasteiger partial charge < -0.3 is 30.9 Å². The topological polar surface area (TPSA) is 157 Å². The largest absolute Gasteiger partial charge is 0.480 e. The lowest BCUT2D eigenvalue weighted by atomic mass is 10.0. The summed E-state index contributed by atoms with van der Waals surface area (Å²) in [5.74, 6) is -2.06. The monoisotopic (exact) mass is 462 g/mol. The van der Waals surface area contributed by atoms with Crippen LogP contribution >= 0.6 is 0 Å². The molecule has 33 heavy (non-hydrogen) atoms. The maximum Gasteiger partial charge on any atom is 0.326 e. The number of rotatable bonds is 10. The van der Waals surface area contributed by atoms with Gasteiger partial charge in [0.25, 0.3) is 0 Å². The molecule has 5 N–H and O–H groups in total. The number of likely N-dealkylation sites (tertiary alicyclic amines) is 1. The zero-order chi connectivity index (χ0) is 24.0. The summed E-state index contributed by atoms with van der Waals surface area (Å²) in [6, 6.07) is -3.01. The predicted molar refractivity (Wildman–Crippen MR) is 119 cm³/mol. The molecule has 2 aliphatic rings. The number of carbonyl (C=O) groups is 4. The van der Waals surface area contributed by atoms with E-state index in [1.165, 1.54) is 11.2 Å². The van der Waals surface area contributed by atoms with Crippen LogP contribution in [0.1, 0.15) is 51.6 Å². The molecule has 0 saturated carbocycles. The van der Waals surface area contributed by atoms with Gasteiger partial charge in [-0.05, 0) is 44.6 Å². The van der Waals surface area contributed by atoms with E-state index in [1.54, 1.807) is 6.20 Å². The lowest BCUT2D eigenvalue weighted by molar-refractivity contribution is -0.149. The number of aromatic nitrogens is 2. The lowest BCUT2D eigenvalue weighted by Crippen LogP contribution is -2.57. The van der Waals surface area contributed by atoms with E-state index in [9.17, 15) is 24.3 Å². The molecule has 2 aliphatic heterocycles. The Labute approximate surface area is 193 Å². The van der Waals surface area contributed by atoms with E-state index >= 15 is 0 Å². The smallest absolute Gasteiger partial charge is 0.326 e. The summed E-state index contributed by atoms with van der Waals surface area (Å²) >= 11 is 0. The van der Waals surface area contributed by atoms with Gasteiger partial charge in [-0.25, -0.2) is 9.78 Å². The molecule has 0 radical (unpaired) electrons. The van der Waals surface area contributed by atoms with Gasteiger partial charge in [0.15, 0.2) is 0 Å². The highest BCUT2D eigenvalue weighted by Crippen LogP contribution is 2.20. The molecule has 182 valence electrons. The third-order valence-corrected chi connectivity index (χ3v) is 6.13. The van der Waals surface area contributed by atoms with Crippen molar-refractivity contribution in [3.05, 3.63) is 18.2 Å². The SMILES string of the molecule is CC(C)CC(NC(=O)C1CCCN1)C(=O)NC(Cc1cnc[nH]1)C(=O)N1CCCC1C(=O)O. The molecule has 11 nitrogen and oxygen atoms in total. The van der Waals surface area contributed by atoms with Crippen LogP contribution in [0.25, 0.3) is 0 Å².